The number of rotatable bonds is 5. The van der Waals surface area contributed by atoms with Gasteiger partial charge in [-0.05, 0) is 38.0 Å². The van der Waals surface area contributed by atoms with E-state index >= 15 is 0 Å². The van der Waals surface area contributed by atoms with Crippen molar-refractivity contribution in [2.75, 3.05) is 31.6 Å². The number of nitrogens with one attached hydrogen (secondary N) is 2. The van der Waals surface area contributed by atoms with E-state index in [0.29, 0.717) is 42.2 Å². The van der Waals surface area contributed by atoms with Crippen molar-refractivity contribution < 1.29 is 14.3 Å². The van der Waals surface area contributed by atoms with E-state index in [0.717, 1.165) is 21.8 Å². The highest BCUT2D eigenvalue weighted by molar-refractivity contribution is 6.33. The van der Waals surface area contributed by atoms with E-state index in [1.165, 1.54) is 0 Å². The van der Waals surface area contributed by atoms with Gasteiger partial charge in [0.25, 0.3) is 0 Å². The van der Waals surface area contributed by atoms with Crippen molar-refractivity contribution in [2.24, 2.45) is 10.9 Å². The number of morpholine rings is 1. The Morgan fingerprint density at radius 2 is 2.15 bits per heavy atom. The van der Waals surface area contributed by atoms with E-state index in [4.69, 9.17) is 26.1 Å². The molecule has 1 fully saturated rings. The Kier molecular flexibility index (Phi) is 6.00. The highest BCUT2D eigenvalue weighted by atomic mass is 35.5. The van der Waals surface area contributed by atoms with Crippen LogP contribution in [0.5, 0.6) is 0 Å². The van der Waals surface area contributed by atoms with Gasteiger partial charge in [0.15, 0.2) is 5.90 Å². The molecule has 1 aromatic carbocycles. The zero-order valence-electron chi connectivity index (χ0n) is 19.9. The summed E-state index contributed by atoms with van der Waals surface area (Å²) in [6, 6.07) is 5.26. The van der Waals surface area contributed by atoms with Gasteiger partial charge in [0.1, 0.15) is 12.6 Å². The van der Waals surface area contributed by atoms with Crippen molar-refractivity contribution in [2.45, 2.75) is 45.4 Å². The fraction of sp³-hybridized carbons (Fsp3) is 0.480. The minimum Gasteiger partial charge on any atom is -0.478 e. The quantitative estimate of drug-likeness (QED) is 0.566. The molecule has 4 heterocycles. The van der Waals surface area contributed by atoms with Crippen LogP contribution in [0.3, 0.4) is 0 Å². The van der Waals surface area contributed by atoms with Crippen LogP contribution in [0.2, 0.25) is 5.02 Å². The van der Waals surface area contributed by atoms with Gasteiger partial charge in [-0.1, -0.05) is 25.4 Å². The molecule has 8 nitrogen and oxygen atoms in total. The SMILES string of the molecule is CC(C)[C@H]1COC(CN2CC(C)(C)OC[C@H]2C(=O)Nc2cc(Cl)cc3c2[nH]c2cnccc23)=N1. The van der Waals surface area contributed by atoms with Gasteiger partial charge in [-0.3, -0.25) is 14.7 Å². The van der Waals surface area contributed by atoms with Gasteiger partial charge in [0.2, 0.25) is 5.91 Å². The number of H-pyrrole nitrogens is 1. The second kappa shape index (κ2) is 8.83. The lowest BCUT2D eigenvalue weighted by Gasteiger charge is -2.42. The molecule has 5 rings (SSSR count). The number of pyridine rings is 1. The molecule has 2 atom stereocenters. The van der Waals surface area contributed by atoms with Gasteiger partial charge in [0, 0.05) is 28.5 Å². The van der Waals surface area contributed by atoms with Gasteiger partial charge in [-0.2, -0.15) is 0 Å². The summed E-state index contributed by atoms with van der Waals surface area (Å²) in [7, 11) is 0. The minimum absolute atomic E-state index is 0.158. The van der Waals surface area contributed by atoms with Gasteiger partial charge in [0.05, 0.1) is 47.7 Å². The van der Waals surface area contributed by atoms with E-state index in [-0.39, 0.29) is 24.2 Å². The molecule has 34 heavy (non-hydrogen) atoms. The van der Waals surface area contributed by atoms with E-state index in [1.807, 2.05) is 26.0 Å². The van der Waals surface area contributed by atoms with E-state index in [9.17, 15) is 4.79 Å². The average molecular weight is 484 g/mol. The van der Waals surface area contributed by atoms with E-state index < -0.39 is 6.04 Å². The van der Waals surface area contributed by atoms with Gasteiger partial charge in [-0.15, -0.1) is 0 Å². The topological polar surface area (TPSA) is 91.8 Å². The summed E-state index contributed by atoms with van der Waals surface area (Å²) >= 11 is 6.42. The van der Waals surface area contributed by atoms with Crippen LogP contribution in [-0.2, 0) is 14.3 Å². The third-order valence-corrected chi connectivity index (χ3v) is 6.75. The van der Waals surface area contributed by atoms with Crippen LogP contribution < -0.4 is 5.32 Å². The molecule has 0 aliphatic carbocycles. The fourth-order valence-electron chi connectivity index (χ4n) is 4.64. The first kappa shape index (κ1) is 23.1. The lowest BCUT2D eigenvalue weighted by Crippen LogP contribution is -2.59. The van der Waals surface area contributed by atoms with Crippen molar-refractivity contribution in [3.63, 3.8) is 0 Å². The number of halogens is 1. The Morgan fingerprint density at radius 3 is 2.91 bits per heavy atom. The van der Waals surface area contributed by atoms with Gasteiger partial charge in [-0.25, -0.2) is 4.99 Å². The molecule has 180 valence electrons. The fourth-order valence-corrected chi connectivity index (χ4v) is 4.86. The molecule has 0 unspecified atom stereocenters. The molecule has 3 aromatic rings. The highest BCUT2D eigenvalue weighted by Crippen LogP contribution is 2.33. The van der Waals surface area contributed by atoms with Crippen LogP contribution in [0.15, 0.2) is 35.6 Å². The normalized spacial score (nSPS) is 22.8. The summed E-state index contributed by atoms with van der Waals surface area (Å²) in [5.41, 5.74) is 1.95. The third kappa shape index (κ3) is 4.50. The van der Waals surface area contributed by atoms with Crippen LogP contribution in [0.25, 0.3) is 21.8 Å². The maximum atomic E-state index is 13.5. The molecular weight excluding hydrogens is 454 g/mol. The Labute approximate surface area is 203 Å². The molecule has 0 spiro atoms. The zero-order valence-corrected chi connectivity index (χ0v) is 20.6. The molecular formula is C25H30ClN5O3. The van der Waals surface area contributed by atoms with Crippen LogP contribution in [0, 0.1) is 5.92 Å². The van der Waals surface area contributed by atoms with E-state index in [1.54, 1.807) is 18.5 Å². The largest absolute Gasteiger partial charge is 0.478 e. The summed E-state index contributed by atoms with van der Waals surface area (Å²) < 4.78 is 11.9. The number of hydrogen-bond acceptors (Lipinski definition) is 6. The number of aromatic nitrogens is 2. The molecule has 9 heteroatoms. The summed E-state index contributed by atoms with van der Waals surface area (Å²) in [4.78, 5) is 27.9. The number of hydrogen-bond donors (Lipinski definition) is 2. The number of carbonyl (C=O) groups excluding carboxylic acids is 1. The smallest absolute Gasteiger partial charge is 0.244 e. The third-order valence-electron chi connectivity index (χ3n) is 6.53. The summed E-state index contributed by atoms with van der Waals surface area (Å²) in [5.74, 6) is 0.937. The molecule has 1 amide bonds. The first-order chi connectivity index (χ1) is 16.2. The number of aliphatic imine (C=N–C) groups is 1. The Bertz CT molecular complexity index is 1270. The monoisotopic (exact) mass is 483 g/mol. The predicted octanol–water partition coefficient (Wildman–Crippen LogP) is 4.24. The Balaban J connectivity index is 1.41. The molecule has 2 aliphatic rings. The van der Waals surface area contributed by atoms with Gasteiger partial charge >= 0.3 is 0 Å². The molecule has 0 radical (unpaired) electrons. The Morgan fingerprint density at radius 1 is 1.32 bits per heavy atom. The lowest BCUT2D eigenvalue weighted by atomic mass is 10.0. The number of benzene rings is 1. The number of carbonyl (C=O) groups is 1. The lowest BCUT2D eigenvalue weighted by molar-refractivity contribution is -0.141. The van der Waals surface area contributed by atoms with Gasteiger partial charge < -0.3 is 19.8 Å². The number of amides is 1. The number of fused-ring (bicyclic) bond motifs is 3. The van der Waals surface area contributed by atoms with Crippen LogP contribution in [0.1, 0.15) is 27.7 Å². The molecule has 0 bridgehead atoms. The van der Waals surface area contributed by atoms with Crippen LogP contribution in [-0.4, -0.2) is 70.7 Å². The summed E-state index contributed by atoms with van der Waals surface area (Å²) in [5, 5.41) is 5.58. The van der Waals surface area contributed by atoms with Crippen molar-refractivity contribution in [3.8, 4) is 0 Å². The number of aromatic amines is 1. The molecule has 2 aliphatic heterocycles. The molecule has 0 saturated carbocycles. The van der Waals surface area contributed by atoms with Crippen molar-refractivity contribution >= 4 is 50.9 Å². The molecule has 2 aromatic heterocycles. The van der Waals surface area contributed by atoms with Crippen molar-refractivity contribution in [1.82, 2.24) is 14.9 Å². The molecule has 2 N–H and O–H groups in total. The van der Waals surface area contributed by atoms with Crippen LogP contribution in [0.4, 0.5) is 5.69 Å². The minimum atomic E-state index is -0.488. The zero-order chi connectivity index (χ0) is 24.0. The maximum Gasteiger partial charge on any atom is 0.244 e. The second-order valence-electron chi connectivity index (χ2n) is 10.0. The number of nitrogens with zero attached hydrogens (tertiary/aromatic N) is 3. The predicted molar refractivity (Wildman–Crippen MR) is 135 cm³/mol. The first-order valence-corrected chi connectivity index (χ1v) is 12.0. The second-order valence-corrected chi connectivity index (χ2v) is 10.5. The number of ether oxygens (including phenoxy) is 2. The van der Waals surface area contributed by atoms with Crippen molar-refractivity contribution in [3.05, 3.63) is 35.6 Å². The summed E-state index contributed by atoms with van der Waals surface area (Å²) in [6.45, 7) is 10.3. The first-order valence-electron chi connectivity index (χ1n) is 11.6. The van der Waals surface area contributed by atoms with Crippen molar-refractivity contribution in [1.29, 1.82) is 0 Å². The van der Waals surface area contributed by atoms with Crippen LogP contribution >= 0.6 is 11.6 Å². The summed E-state index contributed by atoms with van der Waals surface area (Å²) in [6.07, 6.45) is 3.51. The standard InChI is InChI=1S/C25H30ClN5O3/c1-14(2)20-11-33-22(28-20)10-31-13-25(3,4)34-12-21(31)24(32)30-18-8-15(26)7-17-16-5-6-27-9-19(16)29-23(17)18/h5-9,14,20-21,29H,10-13H2,1-4H3,(H,30,32)/t20-,21+/m1/s1. The molecule has 1 saturated heterocycles. The Hall–Kier alpha value is -2.68. The average Bonchev–Trinajstić information content (AvgIpc) is 3.38. The maximum absolute atomic E-state index is 13.5. The highest BCUT2D eigenvalue weighted by Gasteiger charge is 2.39. The van der Waals surface area contributed by atoms with E-state index in [2.05, 4.69) is 34.0 Å². The number of anilines is 1.